The van der Waals surface area contributed by atoms with Crippen molar-refractivity contribution in [1.82, 2.24) is 0 Å². The second kappa shape index (κ2) is 9.94. The average Bonchev–Trinajstić information content (AvgIpc) is 3.20. The molecule has 1 heterocycles. The second-order valence-electron chi connectivity index (χ2n) is 8.15. The van der Waals surface area contributed by atoms with Gasteiger partial charge in [0.2, 0.25) is 0 Å². The highest BCUT2D eigenvalue weighted by atomic mass is 32.1. The van der Waals surface area contributed by atoms with Crippen LogP contribution in [0.4, 0.5) is 0 Å². The van der Waals surface area contributed by atoms with Crippen molar-refractivity contribution in [2.45, 2.75) is 39.7 Å². The fraction of sp³-hybridized carbons (Fsp3) is 0.207. The quantitative estimate of drug-likeness (QED) is 0.297. The summed E-state index contributed by atoms with van der Waals surface area (Å²) in [5, 5.41) is 12.6. The lowest BCUT2D eigenvalue weighted by Crippen LogP contribution is -2.05. The van der Waals surface area contributed by atoms with Gasteiger partial charge in [0.25, 0.3) is 0 Å². The molecule has 1 unspecified atom stereocenters. The van der Waals surface area contributed by atoms with Crippen LogP contribution in [0.1, 0.15) is 41.5 Å². The molecule has 0 aliphatic carbocycles. The lowest BCUT2D eigenvalue weighted by atomic mass is 9.95. The number of benzene rings is 3. The lowest BCUT2D eigenvalue weighted by Gasteiger charge is -2.12. The number of aliphatic carboxylic acids is 1. The number of ether oxygens (including phenoxy) is 1. The Morgan fingerprint density at radius 2 is 1.79 bits per heavy atom. The zero-order valence-corrected chi connectivity index (χ0v) is 19.8. The largest absolute Gasteiger partial charge is 0.489 e. The molecule has 0 aliphatic heterocycles. The van der Waals surface area contributed by atoms with Crippen LogP contribution < -0.4 is 4.74 Å². The minimum Gasteiger partial charge on any atom is -0.489 e. The van der Waals surface area contributed by atoms with Gasteiger partial charge in [-0.15, -0.1) is 17.3 Å². The van der Waals surface area contributed by atoms with E-state index in [1.807, 2.05) is 30.3 Å². The van der Waals surface area contributed by atoms with Crippen LogP contribution in [0.3, 0.4) is 0 Å². The lowest BCUT2D eigenvalue weighted by molar-refractivity contribution is -0.137. The van der Waals surface area contributed by atoms with Crippen LogP contribution in [0.2, 0.25) is 0 Å². The van der Waals surface area contributed by atoms with Gasteiger partial charge in [0.1, 0.15) is 12.4 Å². The van der Waals surface area contributed by atoms with Gasteiger partial charge in [-0.3, -0.25) is 4.79 Å². The summed E-state index contributed by atoms with van der Waals surface area (Å²) in [6.45, 7) is 6.48. The maximum Gasteiger partial charge on any atom is 0.304 e. The van der Waals surface area contributed by atoms with Crippen LogP contribution in [-0.2, 0) is 11.4 Å². The molecule has 3 aromatic carbocycles. The summed E-state index contributed by atoms with van der Waals surface area (Å²) < 4.78 is 7.36. The number of thiophene rings is 1. The smallest absolute Gasteiger partial charge is 0.304 e. The summed E-state index contributed by atoms with van der Waals surface area (Å²) in [6, 6.07) is 20.5. The summed E-state index contributed by atoms with van der Waals surface area (Å²) in [6.07, 6.45) is 0.0000377. The molecule has 0 saturated heterocycles. The van der Waals surface area contributed by atoms with Gasteiger partial charge in [0.15, 0.2) is 0 Å². The van der Waals surface area contributed by atoms with Crippen molar-refractivity contribution < 1.29 is 14.6 Å². The van der Waals surface area contributed by atoms with Crippen molar-refractivity contribution in [2.24, 2.45) is 0 Å². The van der Waals surface area contributed by atoms with Crippen LogP contribution in [0.15, 0.2) is 66.0 Å². The Balaban J connectivity index is 1.53. The summed E-state index contributed by atoms with van der Waals surface area (Å²) in [5.41, 5.74) is 7.03. The number of fused-ring (bicyclic) bond motifs is 1. The first-order chi connectivity index (χ1) is 16.0. The number of hydrogen-bond acceptors (Lipinski definition) is 3. The normalized spacial score (nSPS) is 11.6. The first-order valence-electron chi connectivity index (χ1n) is 10.9. The molecule has 3 nitrogen and oxygen atoms in total. The summed E-state index contributed by atoms with van der Waals surface area (Å²) >= 11 is 1.75. The summed E-state index contributed by atoms with van der Waals surface area (Å²) in [4.78, 5) is 11.1. The van der Waals surface area contributed by atoms with Crippen LogP contribution >= 0.6 is 11.3 Å². The maximum absolute atomic E-state index is 11.1. The number of carbonyl (C=O) groups is 1. The number of hydrogen-bond donors (Lipinski definition) is 1. The number of rotatable bonds is 7. The molecule has 33 heavy (non-hydrogen) atoms. The van der Waals surface area contributed by atoms with Crippen molar-refractivity contribution in [3.8, 4) is 28.7 Å². The molecule has 0 aliphatic rings. The standard InChI is InChI=1S/C29H26O3S/c1-4-6-23(15-28(30)31)22-11-9-21(10-12-22)17-32-24-13-14-27-25(16-24)26(18-33-27)29-19(2)7-5-8-20(29)3/h5,7-14,16,18,23H,15,17H2,1-3H3,(H,30,31). The molecular weight excluding hydrogens is 428 g/mol. The van der Waals surface area contributed by atoms with Crippen molar-refractivity contribution in [1.29, 1.82) is 0 Å². The maximum atomic E-state index is 11.1. The molecule has 1 atom stereocenters. The molecule has 4 heteroatoms. The Morgan fingerprint density at radius 3 is 2.45 bits per heavy atom. The third kappa shape index (κ3) is 5.10. The molecule has 0 radical (unpaired) electrons. The number of aryl methyl sites for hydroxylation is 2. The van der Waals surface area contributed by atoms with E-state index in [1.54, 1.807) is 18.3 Å². The first kappa shape index (κ1) is 22.6. The monoisotopic (exact) mass is 454 g/mol. The average molecular weight is 455 g/mol. The molecule has 0 bridgehead atoms. The molecule has 0 fully saturated rings. The van der Waals surface area contributed by atoms with Crippen LogP contribution in [0.25, 0.3) is 21.2 Å². The molecule has 166 valence electrons. The molecule has 1 N–H and O–H groups in total. The van der Waals surface area contributed by atoms with Gasteiger partial charge in [-0.1, -0.05) is 48.4 Å². The van der Waals surface area contributed by atoms with E-state index < -0.39 is 5.97 Å². The van der Waals surface area contributed by atoms with Gasteiger partial charge in [-0.25, -0.2) is 0 Å². The third-order valence-electron chi connectivity index (χ3n) is 5.78. The zero-order chi connectivity index (χ0) is 23.4. The number of carboxylic acids is 1. The van der Waals surface area contributed by atoms with Crippen molar-refractivity contribution in [3.63, 3.8) is 0 Å². The van der Waals surface area contributed by atoms with Crippen molar-refractivity contribution in [3.05, 3.63) is 88.3 Å². The molecule has 1 aromatic heterocycles. The molecule has 0 saturated carbocycles. The van der Waals surface area contributed by atoms with Crippen LogP contribution in [0.5, 0.6) is 5.75 Å². The predicted molar refractivity (Wildman–Crippen MR) is 136 cm³/mol. The van der Waals surface area contributed by atoms with E-state index in [2.05, 4.69) is 61.4 Å². The minimum atomic E-state index is -0.848. The zero-order valence-electron chi connectivity index (χ0n) is 19.0. The summed E-state index contributed by atoms with van der Waals surface area (Å²) in [7, 11) is 0. The van der Waals surface area contributed by atoms with Crippen molar-refractivity contribution >= 4 is 27.4 Å². The summed E-state index contributed by atoms with van der Waals surface area (Å²) in [5.74, 6) is 5.50. The molecule has 0 amide bonds. The molecule has 0 spiro atoms. The Labute approximate surface area is 198 Å². The van der Waals surface area contributed by atoms with Crippen molar-refractivity contribution in [2.75, 3.05) is 0 Å². The van der Waals surface area contributed by atoms with E-state index in [0.29, 0.717) is 6.61 Å². The SMILES string of the molecule is CC#CC(CC(=O)O)c1ccc(COc2ccc3scc(-c4c(C)cccc4C)c3c2)cc1. The van der Waals surface area contributed by atoms with Gasteiger partial charge in [0, 0.05) is 15.6 Å². The molecular formula is C29H26O3S. The Morgan fingerprint density at radius 1 is 1.06 bits per heavy atom. The van der Waals surface area contributed by atoms with Gasteiger partial charge < -0.3 is 9.84 Å². The highest BCUT2D eigenvalue weighted by molar-refractivity contribution is 7.17. The van der Waals surface area contributed by atoms with E-state index >= 15 is 0 Å². The van der Waals surface area contributed by atoms with E-state index in [1.165, 1.54) is 32.3 Å². The van der Waals surface area contributed by atoms with E-state index in [-0.39, 0.29) is 12.3 Å². The topological polar surface area (TPSA) is 46.5 Å². The van der Waals surface area contributed by atoms with E-state index in [0.717, 1.165) is 16.9 Å². The Hall–Kier alpha value is -3.55. The number of carboxylic acid groups (broad SMARTS) is 1. The fourth-order valence-corrected chi connectivity index (χ4v) is 5.08. The molecule has 4 rings (SSSR count). The predicted octanol–water partition coefficient (Wildman–Crippen LogP) is 7.35. The van der Waals surface area contributed by atoms with E-state index in [4.69, 9.17) is 9.84 Å². The van der Waals surface area contributed by atoms with Gasteiger partial charge in [-0.05, 0) is 72.2 Å². The Kier molecular flexibility index (Phi) is 6.82. The second-order valence-corrected chi connectivity index (χ2v) is 9.06. The van der Waals surface area contributed by atoms with Gasteiger partial charge in [-0.2, -0.15) is 0 Å². The fourth-order valence-electron chi connectivity index (χ4n) is 4.14. The highest BCUT2D eigenvalue weighted by Gasteiger charge is 2.14. The third-order valence-corrected chi connectivity index (χ3v) is 6.74. The minimum absolute atomic E-state index is 0.0000377. The highest BCUT2D eigenvalue weighted by Crippen LogP contribution is 2.39. The first-order valence-corrected chi connectivity index (χ1v) is 11.8. The Bertz CT molecular complexity index is 1330. The van der Waals surface area contributed by atoms with Gasteiger partial charge in [0.05, 0.1) is 12.3 Å². The molecule has 4 aromatic rings. The van der Waals surface area contributed by atoms with Crippen LogP contribution in [0, 0.1) is 25.7 Å². The van der Waals surface area contributed by atoms with E-state index in [9.17, 15) is 4.79 Å². The van der Waals surface area contributed by atoms with Crippen LogP contribution in [-0.4, -0.2) is 11.1 Å². The van der Waals surface area contributed by atoms with Gasteiger partial charge >= 0.3 is 5.97 Å².